The molecule has 0 bridgehead atoms. The Labute approximate surface area is 170 Å². The van der Waals surface area contributed by atoms with Crippen LogP contribution in [0.4, 0.5) is 0 Å². The van der Waals surface area contributed by atoms with Crippen molar-refractivity contribution in [3.8, 4) is 11.5 Å². The Morgan fingerprint density at radius 3 is 2.41 bits per heavy atom. The number of esters is 1. The lowest BCUT2D eigenvalue weighted by Crippen LogP contribution is -2.04. The Bertz CT molecular complexity index is 780. The maximum absolute atomic E-state index is 11.1. The maximum atomic E-state index is 11.1. The van der Waals surface area contributed by atoms with Crippen LogP contribution in [-0.4, -0.2) is 24.8 Å². The number of hydrogen-bond acceptors (Lipinski definition) is 4. The SMILES string of the molecule is COC(=O)CCCOc1cc(Cl)c(Cc2ccc(O)c(C(C)C)c2)c(Cl)c1. The number of carbonyl (C=O) groups excluding carboxylic acids is 1. The molecule has 1 N–H and O–H groups in total. The van der Waals surface area contributed by atoms with E-state index < -0.39 is 0 Å². The highest BCUT2D eigenvalue weighted by Gasteiger charge is 2.13. The molecule has 2 aromatic carbocycles. The number of aromatic hydroxyl groups is 1. The smallest absolute Gasteiger partial charge is 0.305 e. The number of benzene rings is 2. The van der Waals surface area contributed by atoms with Crippen molar-refractivity contribution in [2.75, 3.05) is 13.7 Å². The first-order valence-electron chi connectivity index (χ1n) is 8.81. The zero-order chi connectivity index (χ0) is 20.0. The quantitative estimate of drug-likeness (QED) is 0.444. The lowest BCUT2D eigenvalue weighted by Gasteiger charge is -2.14. The van der Waals surface area contributed by atoms with Gasteiger partial charge in [0.1, 0.15) is 11.5 Å². The summed E-state index contributed by atoms with van der Waals surface area (Å²) in [5.74, 6) is 0.810. The lowest BCUT2D eigenvalue weighted by atomic mass is 9.96. The van der Waals surface area contributed by atoms with Crippen molar-refractivity contribution >= 4 is 29.2 Å². The molecule has 0 saturated carbocycles. The van der Waals surface area contributed by atoms with Gasteiger partial charge in [-0.2, -0.15) is 0 Å². The summed E-state index contributed by atoms with van der Waals surface area (Å²) in [5.41, 5.74) is 2.72. The highest BCUT2D eigenvalue weighted by Crippen LogP contribution is 2.34. The van der Waals surface area contributed by atoms with E-state index >= 15 is 0 Å². The summed E-state index contributed by atoms with van der Waals surface area (Å²) in [6.07, 6.45) is 1.41. The van der Waals surface area contributed by atoms with Crippen LogP contribution in [0.3, 0.4) is 0 Å². The Kier molecular flexibility index (Phi) is 7.81. The molecule has 0 amide bonds. The molecule has 2 aromatic rings. The van der Waals surface area contributed by atoms with Crippen LogP contribution in [0.15, 0.2) is 30.3 Å². The Morgan fingerprint density at radius 2 is 1.81 bits per heavy atom. The fourth-order valence-corrected chi connectivity index (χ4v) is 3.32. The standard InChI is InChI=1S/C21H24Cl2O4/c1-13(2)16-9-14(6-7-20(16)24)10-17-18(22)11-15(12-19(17)23)27-8-4-5-21(25)26-3/h6-7,9,11-13,24H,4-5,8,10H2,1-3H3. The average molecular weight is 411 g/mol. The predicted octanol–water partition coefficient (Wildman–Crippen LogP) is 5.75. The highest BCUT2D eigenvalue weighted by atomic mass is 35.5. The zero-order valence-corrected chi connectivity index (χ0v) is 17.2. The Morgan fingerprint density at radius 1 is 1.15 bits per heavy atom. The molecule has 0 aliphatic carbocycles. The zero-order valence-electron chi connectivity index (χ0n) is 15.7. The van der Waals surface area contributed by atoms with Crippen molar-refractivity contribution in [3.05, 3.63) is 57.1 Å². The summed E-state index contributed by atoms with van der Waals surface area (Å²) >= 11 is 12.8. The predicted molar refractivity (Wildman–Crippen MR) is 108 cm³/mol. The van der Waals surface area contributed by atoms with Gasteiger partial charge in [0.2, 0.25) is 0 Å². The molecule has 0 atom stereocenters. The third kappa shape index (κ3) is 6.05. The molecule has 0 fully saturated rings. The second kappa shape index (κ2) is 9.86. The molecule has 0 radical (unpaired) electrons. The number of rotatable bonds is 8. The van der Waals surface area contributed by atoms with E-state index in [1.165, 1.54) is 7.11 Å². The largest absolute Gasteiger partial charge is 0.508 e. The second-order valence-electron chi connectivity index (χ2n) is 6.62. The summed E-state index contributed by atoms with van der Waals surface area (Å²) in [4.78, 5) is 11.1. The molecule has 0 aliphatic heterocycles. The highest BCUT2D eigenvalue weighted by molar-refractivity contribution is 6.36. The van der Waals surface area contributed by atoms with Crippen molar-refractivity contribution < 1.29 is 19.4 Å². The summed E-state index contributed by atoms with van der Waals surface area (Å²) in [7, 11) is 1.36. The van der Waals surface area contributed by atoms with Crippen LogP contribution in [0.1, 0.15) is 49.3 Å². The average Bonchev–Trinajstić information content (AvgIpc) is 2.62. The molecule has 0 aliphatic rings. The van der Waals surface area contributed by atoms with Gasteiger partial charge in [-0.25, -0.2) is 0 Å². The van der Waals surface area contributed by atoms with Gasteiger partial charge in [-0.15, -0.1) is 0 Å². The van der Waals surface area contributed by atoms with Gasteiger partial charge in [-0.05, 0) is 47.2 Å². The van der Waals surface area contributed by atoms with Crippen molar-refractivity contribution in [2.45, 2.75) is 39.0 Å². The number of methoxy groups -OCH3 is 1. The first kappa shape index (κ1) is 21.4. The van der Waals surface area contributed by atoms with Gasteiger partial charge < -0.3 is 14.6 Å². The van der Waals surface area contributed by atoms with E-state index in [-0.39, 0.29) is 11.9 Å². The van der Waals surface area contributed by atoms with Crippen LogP contribution >= 0.6 is 23.2 Å². The number of halogens is 2. The van der Waals surface area contributed by atoms with E-state index in [0.29, 0.717) is 47.4 Å². The van der Waals surface area contributed by atoms with Gasteiger partial charge in [-0.1, -0.05) is 49.2 Å². The van der Waals surface area contributed by atoms with Crippen LogP contribution < -0.4 is 4.74 Å². The third-order valence-corrected chi connectivity index (χ3v) is 4.91. The lowest BCUT2D eigenvalue weighted by molar-refractivity contribution is -0.140. The Hall–Kier alpha value is -1.91. The second-order valence-corrected chi connectivity index (χ2v) is 7.43. The molecule has 4 nitrogen and oxygen atoms in total. The van der Waals surface area contributed by atoms with E-state index in [1.54, 1.807) is 18.2 Å². The molecular formula is C21H24Cl2O4. The van der Waals surface area contributed by atoms with Gasteiger partial charge in [0.05, 0.1) is 13.7 Å². The van der Waals surface area contributed by atoms with E-state index in [2.05, 4.69) is 4.74 Å². The summed E-state index contributed by atoms with van der Waals surface area (Å²) in [6.45, 7) is 4.44. The number of phenols is 1. The molecule has 0 spiro atoms. The summed E-state index contributed by atoms with van der Waals surface area (Å²) in [6, 6.07) is 9.00. The maximum Gasteiger partial charge on any atom is 0.305 e. The minimum Gasteiger partial charge on any atom is -0.508 e. The van der Waals surface area contributed by atoms with Crippen LogP contribution in [0.5, 0.6) is 11.5 Å². The number of phenolic OH excluding ortho intramolecular Hbond substituents is 1. The fraction of sp³-hybridized carbons (Fsp3) is 0.381. The van der Waals surface area contributed by atoms with Gasteiger partial charge in [-0.3, -0.25) is 4.79 Å². The van der Waals surface area contributed by atoms with Crippen LogP contribution in [0, 0.1) is 0 Å². The molecular weight excluding hydrogens is 387 g/mol. The summed E-state index contributed by atoms with van der Waals surface area (Å²) in [5, 5.41) is 11.0. The van der Waals surface area contributed by atoms with E-state index in [0.717, 1.165) is 16.7 Å². The molecule has 6 heteroatoms. The molecule has 0 unspecified atom stereocenters. The number of ether oxygens (including phenoxy) is 2. The number of carbonyl (C=O) groups is 1. The summed E-state index contributed by atoms with van der Waals surface area (Å²) < 4.78 is 10.2. The van der Waals surface area contributed by atoms with Crippen molar-refractivity contribution in [2.24, 2.45) is 0 Å². The van der Waals surface area contributed by atoms with Gasteiger partial charge >= 0.3 is 5.97 Å². The van der Waals surface area contributed by atoms with Gasteiger partial charge in [0, 0.05) is 22.9 Å². The van der Waals surface area contributed by atoms with E-state index in [9.17, 15) is 9.90 Å². The van der Waals surface area contributed by atoms with Crippen molar-refractivity contribution in [1.29, 1.82) is 0 Å². The fourth-order valence-electron chi connectivity index (χ4n) is 2.72. The minimum atomic E-state index is -0.264. The van der Waals surface area contributed by atoms with E-state index in [4.69, 9.17) is 27.9 Å². The number of hydrogen-bond donors (Lipinski definition) is 1. The van der Waals surface area contributed by atoms with Crippen molar-refractivity contribution in [1.82, 2.24) is 0 Å². The van der Waals surface area contributed by atoms with Crippen molar-refractivity contribution in [3.63, 3.8) is 0 Å². The molecule has 27 heavy (non-hydrogen) atoms. The first-order chi connectivity index (χ1) is 12.8. The monoisotopic (exact) mass is 410 g/mol. The van der Waals surface area contributed by atoms with Crippen LogP contribution in [0.25, 0.3) is 0 Å². The Balaban J connectivity index is 2.08. The van der Waals surface area contributed by atoms with Crippen LogP contribution in [0.2, 0.25) is 10.0 Å². The molecule has 146 valence electrons. The normalized spacial score (nSPS) is 10.9. The molecule has 2 rings (SSSR count). The van der Waals surface area contributed by atoms with Gasteiger partial charge in [0.15, 0.2) is 0 Å². The van der Waals surface area contributed by atoms with E-state index in [1.807, 2.05) is 26.0 Å². The minimum absolute atomic E-state index is 0.219. The van der Waals surface area contributed by atoms with Crippen LogP contribution in [-0.2, 0) is 16.0 Å². The van der Waals surface area contributed by atoms with Gasteiger partial charge in [0.25, 0.3) is 0 Å². The first-order valence-corrected chi connectivity index (χ1v) is 9.56. The molecule has 0 heterocycles. The third-order valence-electron chi connectivity index (χ3n) is 4.23. The topological polar surface area (TPSA) is 55.8 Å². The molecule has 0 saturated heterocycles. The molecule has 0 aromatic heterocycles.